The van der Waals surface area contributed by atoms with Gasteiger partial charge in [0.25, 0.3) is 5.91 Å². The molecular weight excluding hydrogens is 270 g/mol. The van der Waals surface area contributed by atoms with Gasteiger partial charge in [0.15, 0.2) is 0 Å². The minimum Gasteiger partial charge on any atom is -0.375 e. The van der Waals surface area contributed by atoms with Crippen LogP contribution in [0.25, 0.3) is 0 Å². The summed E-state index contributed by atoms with van der Waals surface area (Å²) in [5.74, 6) is 0.601. The molecular formula is C15H23N3O3. The van der Waals surface area contributed by atoms with Crippen LogP contribution in [0.15, 0.2) is 10.7 Å². The molecule has 0 spiro atoms. The van der Waals surface area contributed by atoms with Gasteiger partial charge in [-0.15, -0.1) is 0 Å². The van der Waals surface area contributed by atoms with E-state index in [4.69, 9.17) is 9.26 Å². The molecule has 1 amide bonds. The van der Waals surface area contributed by atoms with E-state index in [-0.39, 0.29) is 18.1 Å². The molecule has 21 heavy (non-hydrogen) atoms. The Bertz CT molecular complexity index is 514. The maximum absolute atomic E-state index is 12.6. The maximum atomic E-state index is 12.6. The number of rotatable bonds is 2. The highest BCUT2D eigenvalue weighted by Gasteiger charge is 2.39. The van der Waals surface area contributed by atoms with Crippen LogP contribution in [-0.4, -0.2) is 65.3 Å². The van der Waals surface area contributed by atoms with Gasteiger partial charge in [0, 0.05) is 25.7 Å². The van der Waals surface area contributed by atoms with Crippen molar-refractivity contribution in [2.24, 2.45) is 0 Å². The van der Waals surface area contributed by atoms with Crippen molar-refractivity contribution in [1.82, 2.24) is 15.0 Å². The molecule has 1 aromatic heterocycles. The number of hydrogen-bond acceptors (Lipinski definition) is 5. The summed E-state index contributed by atoms with van der Waals surface area (Å²) in [7, 11) is 0. The van der Waals surface area contributed by atoms with Crippen molar-refractivity contribution in [3.63, 3.8) is 0 Å². The van der Waals surface area contributed by atoms with Gasteiger partial charge in [-0.1, -0.05) is 5.16 Å². The number of morpholine rings is 1. The molecule has 2 fully saturated rings. The largest absolute Gasteiger partial charge is 0.375 e. The number of aromatic nitrogens is 1. The van der Waals surface area contributed by atoms with Crippen LogP contribution in [0.5, 0.6) is 0 Å². The lowest BCUT2D eigenvalue weighted by Crippen LogP contribution is -2.62. The smallest absolute Gasteiger partial charge is 0.259 e. The molecule has 2 saturated heterocycles. The van der Waals surface area contributed by atoms with Gasteiger partial charge in [-0.2, -0.15) is 0 Å². The molecule has 2 aliphatic heterocycles. The molecule has 6 heteroatoms. The summed E-state index contributed by atoms with van der Waals surface area (Å²) in [6.07, 6.45) is 2.65. The van der Waals surface area contributed by atoms with Crippen LogP contribution < -0.4 is 0 Å². The molecule has 116 valence electrons. The third-order valence-electron chi connectivity index (χ3n) is 4.56. The Morgan fingerprint density at radius 3 is 2.90 bits per heavy atom. The Balaban J connectivity index is 1.75. The van der Waals surface area contributed by atoms with Crippen LogP contribution in [-0.2, 0) is 4.74 Å². The minimum absolute atomic E-state index is 0.0153. The van der Waals surface area contributed by atoms with E-state index in [2.05, 4.69) is 23.9 Å². The summed E-state index contributed by atoms with van der Waals surface area (Å²) in [6.45, 7) is 9.35. The van der Waals surface area contributed by atoms with Gasteiger partial charge in [0.2, 0.25) is 0 Å². The molecule has 0 aliphatic carbocycles. The summed E-state index contributed by atoms with van der Waals surface area (Å²) in [5, 5.41) is 3.70. The molecule has 6 nitrogen and oxygen atoms in total. The fourth-order valence-electron chi connectivity index (χ4n) is 3.40. The average Bonchev–Trinajstić information content (AvgIpc) is 2.91. The second kappa shape index (κ2) is 5.77. The lowest BCUT2D eigenvalue weighted by atomic mass is 9.97. The Morgan fingerprint density at radius 1 is 1.43 bits per heavy atom. The average molecular weight is 293 g/mol. The lowest BCUT2D eigenvalue weighted by Gasteiger charge is -2.48. The van der Waals surface area contributed by atoms with Crippen LogP contribution in [0.2, 0.25) is 0 Å². The van der Waals surface area contributed by atoms with Crippen molar-refractivity contribution in [2.45, 2.75) is 45.4 Å². The van der Waals surface area contributed by atoms with Crippen molar-refractivity contribution >= 4 is 5.91 Å². The summed E-state index contributed by atoms with van der Waals surface area (Å²) in [6, 6.07) is 0.755. The van der Waals surface area contributed by atoms with Gasteiger partial charge in [-0.3, -0.25) is 9.69 Å². The lowest BCUT2D eigenvalue weighted by molar-refractivity contribution is -0.107. The maximum Gasteiger partial charge on any atom is 0.259 e. The third kappa shape index (κ3) is 2.70. The first-order chi connectivity index (χ1) is 10.1. The zero-order valence-corrected chi connectivity index (χ0v) is 12.9. The monoisotopic (exact) mass is 293 g/mol. The van der Waals surface area contributed by atoms with E-state index in [1.54, 1.807) is 6.92 Å². The second-order valence-electron chi connectivity index (χ2n) is 6.14. The zero-order chi connectivity index (χ0) is 15.0. The van der Waals surface area contributed by atoms with E-state index in [1.807, 2.05) is 4.90 Å². The Hall–Kier alpha value is -1.40. The Kier molecular flexibility index (Phi) is 3.99. The molecule has 0 radical (unpaired) electrons. The van der Waals surface area contributed by atoms with Crippen molar-refractivity contribution in [3.8, 4) is 0 Å². The topological polar surface area (TPSA) is 58.8 Å². The normalized spacial score (nSPS) is 27.0. The molecule has 0 bridgehead atoms. The number of ether oxygens (including phenoxy) is 1. The Morgan fingerprint density at radius 2 is 2.24 bits per heavy atom. The zero-order valence-electron chi connectivity index (χ0n) is 12.9. The number of likely N-dealkylation sites (tertiary alicyclic amines) is 1. The van der Waals surface area contributed by atoms with E-state index in [0.29, 0.717) is 23.9 Å². The third-order valence-corrected chi connectivity index (χ3v) is 4.56. The summed E-state index contributed by atoms with van der Waals surface area (Å²) < 4.78 is 10.9. The number of piperidine rings is 1. The predicted octanol–water partition coefficient (Wildman–Crippen LogP) is 1.31. The van der Waals surface area contributed by atoms with Crippen LogP contribution in [0.3, 0.4) is 0 Å². The summed E-state index contributed by atoms with van der Waals surface area (Å²) in [5.41, 5.74) is 0.571. The molecule has 0 saturated carbocycles. The molecule has 0 unspecified atom stereocenters. The van der Waals surface area contributed by atoms with E-state index in [9.17, 15) is 4.79 Å². The highest BCUT2D eigenvalue weighted by molar-refractivity contribution is 5.94. The summed E-state index contributed by atoms with van der Waals surface area (Å²) >= 11 is 0. The number of nitrogens with zero attached hydrogens (tertiary/aromatic N) is 3. The molecule has 0 aromatic carbocycles. The van der Waals surface area contributed by atoms with Crippen molar-refractivity contribution in [1.29, 1.82) is 0 Å². The highest BCUT2D eigenvalue weighted by Crippen LogP contribution is 2.26. The number of hydrogen-bond donors (Lipinski definition) is 0. The first-order valence-corrected chi connectivity index (χ1v) is 7.66. The van der Waals surface area contributed by atoms with E-state index in [1.165, 1.54) is 6.20 Å². The van der Waals surface area contributed by atoms with Crippen molar-refractivity contribution in [2.75, 3.05) is 26.2 Å². The second-order valence-corrected chi connectivity index (χ2v) is 6.14. The van der Waals surface area contributed by atoms with E-state index in [0.717, 1.165) is 26.1 Å². The molecule has 3 rings (SSSR count). The van der Waals surface area contributed by atoms with Gasteiger partial charge >= 0.3 is 0 Å². The van der Waals surface area contributed by atoms with E-state index < -0.39 is 0 Å². The predicted molar refractivity (Wildman–Crippen MR) is 77.1 cm³/mol. The number of carbonyl (C=O) groups excluding carboxylic acids is 1. The first-order valence-electron chi connectivity index (χ1n) is 7.66. The number of aryl methyl sites for hydroxylation is 1. The van der Waals surface area contributed by atoms with Crippen LogP contribution in [0.4, 0.5) is 0 Å². The number of amides is 1. The molecule has 1 aromatic rings. The van der Waals surface area contributed by atoms with E-state index >= 15 is 0 Å². The van der Waals surface area contributed by atoms with Crippen molar-refractivity contribution < 1.29 is 14.1 Å². The SMILES string of the molecule is Cc1oncc1C(=O)N1CC[C@H]2OCCN(C(C)C)[C@@H]2C1. The van der Waals surface area contributed by atoms with Crippen LogP contribution in [0.1, 0.15) is 36.4 Å². The quantitative estimate of drug-likeness (QED) is 0.823. The number of fused-ring (bicyclic) bond motifs is 1. The highest BCUT2D eigenvalue weighted by atomic mass is 16.5. The standard InChI is InChI=1S/C15H23N3O3/c1-10(2)18-6-7-20-14-4-5-17(9-13(14)18)15(19)12-8-16-21-11(12)3/h8,10,13-14H,4-7,9H2,1-3H3/t13-,14-/m1/s1. The fourth-order valence-corrected chi connectivity index (χ4v) is 3.40. The molecule has 0 N–H and O–H groups in total. The summed E-state index contributed by atoms with van der Waals surface area (Å²) in [4.78, 5) is 17.0. The minimum atomic E-state index is 0.0153. The van der Waals surface area contributed by atoms with Crippen LogP contribution in [0, 0.1) is 6.92 Å². The first kappa shape index (κ1) is 14.5. The molecule has 2 aliphatic rings. The van der Waals surface area contributed by atoms with Gasteiger partial charge in [0.05, 0.1) is 24.9 Å². The van der Waals surface area contributed by atoms with Gasteiger partial charge in [-0.05, 0) is 27.2 Å². The number of carbonyl (C=O) groups is 1. The Labute approximate surface area is 125 Å². The van der Waals surface area contributed by atoms with Gasteiger partial charge in [0.1, 0.15) is 11.3 Å². The fraction of sp³-hybridized carbons (Fsp3) is 0.733. The van der Waals surface area contributed by atoms with Crippen molar-refractivity contribution in [3.05, 3.63) is 17.5 Å². The van der Waals surface area contributed by atoms with Crippen LogP contribution >= 0.6 is 0 Å². The van der Waals surface area contributed by atoms with Gasteiger partial charge in [-0.25, -0.2) is 0 Å². The van der Waals surface area contributed by atoms with Gasteiger partial charge < -0.3 is 14.2 Å². The molecule has 2 atom stereocenters. The molecule has 3 heterocycles.